The molecule has 0 aliphatic carbocycles. The normalized spacial score (nSPS) is 13.9. The SMILES string of the molecule is Cc1cc(S(=O)(=O)Nc2cccc(C)c2C(=O)N2CCCC2)ccc1OCC(=O)O. The van der Waals surface area contributed by atoms with Crippen LogP contribution in [0.3, 0.4) is 0 Å². The van der Waals surface area contributed by atoms with Crippen molar-refractivity contribution >= 4 is 27.6 Å². The summed E-state index contributed by atoms with van der Waals surface area (Å²) in [5, 5.41) is 8.72. The number of nitrogens with one attached hydrogen (secondary N) is 1. The van der Waals surface area contributed by atoms with E-state index < -0.39 is 22.6 Å². The highest BCUT2D eigenvalue weighted by Crippen LogP contribution is 2.28. The molecule has 9 heteroatoms. The number of likely N-dealkylation sites (tertiary alicyclic amines) is 1. The molecule has 1 amide bonds. The lowest BCUT2D eigenvalue weighted by Crippen LogP contribution is -2.29. The minimum Gasteiger partial charge on any atom is -0.482 e. The average Bonchev–Trinajstić information content (AvgIpc) is 3.21. The number of anilines is 1. The van der Waals surface area contributed by atoms with Gasteiger partial charge in [-0.05, 0) is 62.1 Å². The van der Waals surface area contributed by atoms with E-state index in [1.54, 1.807) is 36.9 Å². The van der Waals surface area contributed by atoms with Crippen LogP contribution in [-0.4, -0.2) is 50.0 Å². The highest BCUT2D eigenvalue weighted by Gasteiger charge is 2.26. The maximum Gasteiger partial charge on any atom is 0.341 e. The summed E-state index contributed by atoms with van der Waals surface area (Å²) in [4.78, 5) is 25.3. The summed E-state index contributed by atoms with van der Waals surface area (Å²) in [6.45, 7) is 4.22. The number of amides is 1. The van der Waals surface area contributed by atoms with Crippen molar-refractivity contribution in [3.05, 3.63) is 53.1 Å². The topological polar surface area (TPSA) is 113 Å². The number of aliphatic carboxylic acids is 1. The van der Waals surface area contributed by atoms with Crippen LogP contribution in [0.5, 0.6) is 5.75 Å². The van der Waals surface area contributed by atoms with Crippen molar-refractivity contribution in [1.29, 1.82) is 0 Å². The molecule has 0 atom stereocenters. The largest absolute Gasteiger partial charge is 0.482 e. The summed E-state index contributed by atoms with van der Waals surface area (Å²) >= 11 is 0. The fraction of sp³-hybridized carbons (Fsp3) is 0.333. The standard InChI is InChI=1S/C21H24N2O6S/c1-14-6-5-7-17(20(14)21(26)23-10-3-4-11-23)22-30(27,28)16-8-9-18(15(2)12-16)29-13-19(24)25/h5-9,12,22H,3-4,10-11,13H2,1-2H3,(H,24,25). The number of aryl methyl sites for hydroxylation is 2. The lowest BCUT2D eigenvalue weighted by atomic mass is 10.1. The zero-order chi connectivity index (χ0) is 21.9. The van der Waals surface area contributed by atoms with Crippen LogP contribution in [0.25, 0.3) is 0 Å². The first kappa shape index (κ1) is 21.6. The number of ether oxygens (including phenoxy) is 1. The van der Waals surface area contributed by atoms with Gasteiger partial charge in [-0.3, -0.25) is 9.52 Å². The van der Waals surface area contributed by atoms with Gasteiger partial charge in [0, 0.05) is 13.1 Å². The molecule has 1 fully saturated rings. The van der Waals surface area contributed by atoms with E-state index in [-0.39, 0.29) is 22.2 Å². The number of hydrogen-bond donors (Lipinski definition) is 2. The molecule has 2 aromatic rings. The average molecular weight is 432 g/mol. The highest BCUT2D eigenvalue weighted by atomic mass is 32.2. The highest BCUT2D eigenvalue weighted by molar-refractivity contribution is 7.92. The first-order valence-corrected chi connectivity index (χ1v) is 11.0. The zero-order valence-corrected chi connectivity index (χ0v) is 17.7. The number of benzene rings is 2. The van der Waals surface area contributed by atoms with Crippen molar-refractivity contribution in [2.75, 3.05) is 24.4 Å². The molecule has 0 spiro atoms. The smallest absolute Gasteiger partial charge is 0.341 e. The molecule has 2 N–H and O–H groups in total. The lowest BCUT2D eigenvalue weighted by molar-refractivity contribution is -0.139. The van der Waals surface area contributed by atoms with Crippen LogP contribution < -0.4 is 9.46 Å². The second-order valence-corrected chi connectivity index (χ2v) is 8.89. The van der Waals surface area contributed by atoms with E-state index in [1.807, 2.05) is 0 Å². The van der Waals surface area contributed by atoms with Crippen molar-refractivity contribution in [2.45, 2.75) is 31.6 Å². The molecule has 8 nitrogen and oxygen atoms in total. The number of nitrogens with zero attached hydrogens (tertiary/aromatic N) is 1. The van der Waals surface area contributed by atoms with Crippen molar-refractivity contribution in [2.24, 2.45) is 0 Å². The predicted octanol–water partition coefficient (Wildman–Crippen LogP) is 2.80. The minimum atomic E-state index is -3.97. The van der Waals surface area contributed by atoms with Gasteiger partial charge in [0.25, 0.3) is 15.9 Å². The molecular weight excluding hydrogens is 408 g/mol. The van der Waals surface area contributed by atoms with Crippen LogP contribution in [0, 0.1) is 13.8 Å². The number of carbonyl (C=O) groups excluding carboxylic acids is 1. The van der Waals surface area contributed by atoms with Gasteiger partial charge in [-0.25, -0.2) is 13.2 Å². The van der Waals surface area contributed by atoms with E-state index in [0.29, 0.717) is 29.8 Å². The third-order valence-corrected chi connectivity index (χ3v) is 6.30. The maximum absolute atomic E-state index is 13.0. The van der Waals surface area contributed by atoms with Gasteiger partial charge in [-0.1, -0.05) is 12.1 Å². The molecule has 1 aliphatic rings. The number of rotatable bonds is 7. The van der Waals surface area contributed by atoms with Crippen LogP contribution in [0.2, 0.25) is 0 Å². The van der Waals surface area contributed by atoms with E-state index in [4.69, 9.17) is 9.84 Å². The fourth-order valence-corrected chi connectivity index (χ4v) is 4.57. The quantitative estimate of drug-likeness (QED) is 0.696. The van der Waals surface area contributed by atoms with Crippen molar-refractivity contribution in [3.8, 4) is 5.75 Å². The monoisotopic (exact) mass is 432 g/mol. The molecule has 0 radical (unpaired) electrons. The van der Waals surface area contributed by atoms with Crippen molar-refractivity contribution in [3.63, 3.8) is 0 Å². The van der Waals surface area contributed by atoms with Gasteiger partial charge in [-0.2, -0.15) is 0 Å². The predicted molar refractivity (Wildman–Crippen MR) is 111 cm³/mol. The summed E-state index contributed by atoms with van der Waals surface area (Å²) < 4.78 is 33.6. The molecule has 0 unspecified atom stereocenters. The molecule has 2 aromatic carbocycles. The van der Waals surface area contributed by atoms with E-state index in [0.717, 1.165) is 12.8 Å². The van der Waals surface area contributed by atoms with Gasteiger partial charge in [0.05, 0.1) is 16.1 Å². The van der Waals surface area contributed by atoms with Crippen LogP contribution >= 0.6 is 0 Å². The summed E-state index contributed by atoms with van der Waals surface area (Å²) in [5.41, 5.74) is 1.76. The molecule has 0 bridgehead atoms. The Balaban J connectivity index is 1.89. The third kappa shape index (κ3) is 4.73. The summed E-state index contributed by atoms with van der Waals surface area (Å²) in [6, 6.07) is 9.20. The van der Waals surface area contributed by atoms with Crippen LogP contribution in [0.1, 0.15) is 34.3 Å². The Morgan fingerprint density at radius 3 is 2.43 bits per heavy atom. The van der Waals surface area contributed by atoms with Gasteiger partial charge in [0.15, 0.2) is 6.61 Å². The Bertz CT molecular complexity index is 1070. The third-order valence-electron chi connectivity index (χ3n) is 4.93. The van der Waals surface area contributed by atoms with Gasteiger partial charge < -0.3 is 14.7 Å². The van der Waals surface area contributed by atoms with E-state index >= 15 is 0 Å². The van der Waals surface area contributed by atoms with Crippen LogP contribution in [0.15, 0.2) is 41.3 Å². The van der Waals surface area contributed by atoms with Gasteiger partial charge in [0.2, 0.25) is 0 Å². The number of carboxylic acid groups (broad SMARTS) is 1. The minimum absolute atomic E-state index is 0.0104. The van der Waals surface area contributed by atoms with Gasteiger partial charge >= 0.3 is 5.97 Å². The van der Waals surface area contributed by atoms with E-state index in [1.165, 1.54) is 18.2 Å². The Morgan fingerprint density at radius 2 is 1.80 bits per heavy atom. The number of hydrogen-bond acceptors (Lipinski definition) is 5. The van der Waals surface area contributed by atoms with E-state index in [9.17, 15) is 18.0 Å². The molecule has 1 heterocycles. The van der Waals surface area contributed by atoms with Gasteiger partial charge in [0.1, 0.15) is 5.75 Å². The second-order valence-electron chi connectivity index (χ2n) is 7.21. The lowest BCUT2D eigenvalue weighted by Gasteiger charge is -2.20. The first-order valence-electron chi connectivity index (χ1n) is 9.56. The van der Waals surface area contributed by atoms with Crippen molar-refractivity contribution < 1.29 is 27.9 Å². The number of carboxylic acids is 1. The molecule has 160 valence electrons. The number of sulfonamides is 1. The Kier molecular flexibility index (Phi) is 6.31. The Hall–Kier alpha value is -3.07. The fourth-order valence-electron chi connectivity index (χ4n) is 3.41. The Morgan fingerprint density at radius 1 is 1.10 bits per heavy atom. The second kappa shape index (κ2) is 8.74. The van der Waals surface area contributed by atoms with Crippen LogP contribution in [0.4, 0.5) is 5.69 Å². The molecular formula is C21H24N2O6S. The summed E-state index contributed by atoms with van der Waals surface area (Å²) in [6.07, 6.45) is 1.88. The molecule has 0 saturated carbocycles. The maximum atomic E-state index is 13.0. The summed E-state index contributed by atoms with van der Waals surface area (Å²) in [7, 11) is -3.97. The van der Waals surface area contributed by atoms with E-state index in [2.05, 4.69) is 4.72 Å². The molecule has 1 saturated heterocycles. The zero-order valence-electron chi connectivity index (χ0n) is 16.8. The first-order chi connectivity index (χ1) is 14.2. The number of carbonyl (C=O) groups is 2. The molecule has 3 rings (SSSR count). The molecule has 0 aromatic heterocycles. The summed E-state index contributed by atoms with van der Waals surface area (Å²) in [5.74, 6) is -1.02. The molecule has 1 aliphatic heterocycles. The molecule has 30 heavy (non-hydrogen) atoms. The van der Waals surface area contributed by atoms with Crippen LogP contribution in [-0.2, 0) is 14.8 Å². The van der Waals surface area contributed by atoms with Gasteiger partial charge in [-0.15, -0.1) is 0 Å². The Labute approximate surface area is 175 Å². The van der Waals surface area contributed by atoms with Crippen molar-refractivity contribution in [1.82, 2.24) is 4.90 Å².